The Hall–Kier alpha value is -1.42. The summed E-state index contributed by atoms with van der Waals surface area (Å²) in [5.74, 6) is -0.347. The average molecular weight is 222 g/mol. The maximum atomic E-state index is 12.9. The van der Waals surface area contributed by atoms with Crippen LogP contribution in [-0.2, 0) is 4.79 Å². The van der Waals surface area contributed by atoms with Crippen molar-refractivity contribution in [3.05, 3.63) is 29.6 Å². The van der Waals surface area contributed by atoms with Crippen LogP contribution in [0.1, 0.15) is 18.4 Å². The number of aryl methyl sites for hydroxylation is 1. The van der Waals surface area contributed by atoms with Crippen molar-refractivity contribution in [1.29, 1.82) is 0 Å². The molecule has 3 nitrogen and oxygen atoms in total. The summed E-state index contributed by atoms with van der Waals surface area (Å²) in [6.07, 6.45) is 1.69. The highest BCUT2D eigenvalue weighted by Crippen LogP contribution is 2.45. The summed E-state index contributed by atoms with van der Waals surface area (Å²) in [5, 5.41) is 2.81. The Labute approximate surface area is 93.8 Å². The number of amides is 1. The number of benzene rings is 1. The number of nitrogens with one attached hydrogen (secondary N) is 1. The molecule has 1 aromatic rings. The monoisotopic (exact) mass is 222 g/mol. The molecular formula is C12H15FN2O. The van der Waals surface area contributed by atoms with E-state index >= 15 is 0 Å². The highest BCUT2D eigenvalue weighted by atomic mass is 19.1. The van der Waals surface area contributed by atoms with E-state index < -0.39 is 0 Å². The van der Waals surface area contributed by atoms with Crippen LogP contribution < -0.4 is 11.1 Å². The molecule has 0 bridgehead atoms. The highest BCUT2D eigenvalue weighted by Gasteiger charge is 2.48. The Morgan fingerprint density at radius 2 is 2.25 bits per heavy atom. The fourth-order valence-electron chi connectivity index (χ4n) is 1.70. The number of nitrogens with two attached hydrogens (primary N) is 1. The van der Waals surface area contributed by atoms with Gasteiger partial charge in [-0.3, -0.25) is 4.79 Å². The number of carbonyl (C=O) groups excluding carboxylic acids is 1. The van der Waals surface area contributed by atoms with Crippen molar-refractivity contribution in [2.24, 2.45) is 11.1 Å². The van der Waals surface area contributed by atoms with E-state index in [1.807, 2.05) is 0 Å². The van der Waals surface area contributed by atoms with Gasteiger partial charge in [-0.2, -0.15) is 0 Å². The predicted molar refractivity (Wildman–Crippen MR) is 60.5 cm³/mol. The molecule has 0 heterocycles. The standard InChI is InChI=1S/C12H15FN2O/c1-8-6-9(13)2-3-10(8)15-11(16)12(7-14)4-5-12/h2-3,6H,4-5,7,14H2,1H3,(H,15,16). The number of anilines is 1. The molecule has 1 aliphatic rings. The number of halogens is 1. The molecule has 1 aliphatic carbocycles. The van der Waals surface area contributed by atoms with Gasteiger partial charge < -0.3 is 11.1 Å². The normalized spacial score (nSPS) is 16.9. The first-order valence-electron chi connectivity index (χ1n) is 5.35. The van der Waals surface area contributed by atoms with Crippen molar-refractivity contribution < 1.29 is 9.18 Å². The van der Waals surface area contributed by atoms with Gasteiger partial charge in [0.15, 0.2) is 0 Å². The lowest BCUT2D eigenvalue weighted by atomic mass is 10.1. The van der Waals surface area contributed by atoms with E-state index in [9.17, 15) is 9.18 Å². The van der Waals surface area contributed by atoms with Crippen LogP contribution in [0.25, 0.3) is 0 Å². The Morgan fingerprint density at radius 1 is 1.56 bits per heavy atom. The molecule has 2 rings (SSSR count). The van der Waals surface area contributed by atoms with E-state index in [0.29, 0.717) is 12.2 Å². The topological polar surface area (TPSA) is 55.1 Å². The molecule has 0 atom stereocenters. The summed E-state index contributed by atoms with van der Waals surface area (Å²) >= 11 is 0. The molecule has 0 aromatic heterocycles. The summed E-state index contributed by atoms with van der Waals surface area (Å²) in [6, 6.07) is 4.32. The van der Waals surface area contributed by atoms with E-state index in [2.05, 4.69) is 5.32 Å². The maximum absolute atomic E-state index is 12.9. The van der Waals surface area contributed by atoms with Crippen LogP contribution in [0.2, 0.25) is 0 Å². The largest absolute Gasteiger partial charge is 0.329 e. The van der Waals surface area contributed by atoms with Crippen molar-refractivity contribution in [3.8, 4) is 0 Å². The molecule has 0 unspecified atom stereocenters. The number of rotatable bonds is 3. The second kappa shape index (κ2) is 3.87. The second-order valence-electron chi connectivity index (χ2n) is 4.40. The molecule has 86 valence electrons. The number of hydrogen-bond donors (Lipinski definition) is 2. The van der Waals surface area contributed by atoms with Crippen LogP contribution in [0.5, 0.6) is 0 Å². The molecule has 0 spiro atoms. The summed E-state index contributed by atoms with van der Waals surface area (Å²) in [5.41, 5.74) is 6.57. The molecule has 3 N–H and O–H groups in total. The Bertz CT molecular complexity index is 427. The second-order valence-corrected chi connectivity index (χ2v) is 4.40. The van der Waals surface area contributed by atoms with Crippen LogP contribution in [0.3, 0.4) is 0 Å². The fraction of sp³-hybridized carbons (Fsp3) is 0.417. The van der Waals surface area contributed by atoms with Crippen LogP contribution in [0.15, 0.2) is 18.2 Å². The molecule has 4 heteroatoms. The van der Waals surface area contributed by atoms with Gasteiger partial charge in [-0.05, 0) is 43.5 Å². The smallest absolute Gasteiger partial charge is 0.231 e. The molecule has 1 aromatic carbocycles. The average Bonchev–Trinajstić information content (AvgIpc) is 3.03. The Kier molecular flexibility index (Phi) is 2.68. The third kappa shape index (κ3) is 1.93. The van der Waals surface area contributed by atoms with E-state index in [1.165, 1.54) is 12.1 Å². The van der Waals surface area contributed by atoms with Crippen molar-refractivity contribution in [2.75, 3.05) is 11.9 Å². The first-order valence-corrected chi connectivity index (χ1v) is 5.35. The summed E-state index contributed by atoms with van der Waals surface area (Å²) in [6.45, 7) is 2.14. The van der Waals surface area contributed by atoms with Crippen LogP contribution in [0, 0.1) is 18.2 Å². The quantitative estimate of drug-likeness (QED) is 0.819. The number of carbonyl (C=O) groups is 1. The van der Waals surface area contributed by atoms with Crippen molar-refractivity contribution in [3.63, 3.8) is 0 Å². The van der Waals surface area contributed by atoms with Gasteiger partial charge in [-0.1, -0.05) is 0 Å². The zero-order chi connectivity index (χ0) is 11.8. The summed E-state index contributed by atoms with van der Waals surface area (Å²) in [4.78, 5) is 11.9. The molecule has 1 fully saturated rings. The zero-order valence-corrected chi connectivity index (χ0v) is 9.22. The van der Waals surface area contributed by atoms with Gasteiger partial charge >= 0.3 is 0 Å². The van der Waals surface area contributed by atoms with E-state index in [-0.39, 0.29) is 17.1 Å². The van der Waals surface area contributed by atoms with Crippen molar-refractivity contribution in [1.82, 2.24) is 0 Å². The minimum atomic E-state index is -0.374. The van der Waals surface area contributed by atoms with Gasteiger partial charge in [-0.15, -0.1) is 0 Å². The van der Waals surface area contributed by atoms with E-state index in [1.54, 1.807) is 13.0 Å². The minimum Gasteiger partial charge on any atom is -0.329 e. The Morgan fingerprint density at radius 3 is 2.75 bits per heavy atom. The van der Waals surface area contributed by atoms with Crippen LogP contribution in [0.4, 0.5) is 10.1 Å². The maximum Gasteiger partial charge on any atom is 0.231 e. The highest BCUT2D eigenvalue weighted by molar-refractivity contribution is 5.97. The number of hydrogen-bond acceptors (Lipinski definition) is 2. The third-order valence-electron chi connectivity index (χ3n) is 3.16. The van der Waals surface area contributed by atoms with Crippen LogP contribution >= 0.6 is 0 Å². The summed E-state index contributed by atoms with van der Waals surface area (Å²) < 4.78 is 12.9. The lowest BCUT2D eigenvalue weighted by Crippen LogP contribution is -2.31. The van der Waals surface area contributed by atoms with Gasteiger partial charge in [-0.25, -0.2) is 4.39 Å². The van der Waals surface area contributed by atoms with Crippen molar-refractivity contribution >= 4 is 11.6 Å². The first kappa shape index (κ1) is 11.1. The van der Waals surface area contributed by atoms with Gasteiger partial charge in [0.25, 0.3) is 0 Å². The molecule has 1 amide bonds. The summed E-state index contributed by atoms with van der Waals surface area (Å²) in [7, 11) is 0. The van der Waals surface area contributed by atoms with Gasteiger partial charge in [0, 0.05) is 12.2 Å². The molecule has 16 heavy (non-hydrogen) atoms. The van der Waals surface area contributed by atoms with Gasteiger partial charge in [0.05, 0.1) is 5.41 Å². The zero-order valence-electron chi connectivity index (χ0n) is 9.22. The Balaban J connectivity index is 2.12. The first-order chi connectivity index (χ1) is 7.57. The predicted octanol–water partition coefficient (Wildman–Crippen LogP) is 1.81. The molecule has 0 saturated heterocycles. The lowest BCUT2D eigenvalue weighted by molar-refractivity contribution is -0.120. The van der Waals surface area contributed by atoms with Gasteiger partial charge in [0.1, 0.15) is 5.82 Å². The SMILES string of the molecule is Cc1cc(F)ccc1NC(=O)C1(CN)CC1. The molecule has 1 saturated carbocycles. The van der Waals surface area contributed by atoms with Gasteiger partial charge in [0.2, 0.25) is 5.91 Å². The molecular weight excluding hydrogens is 207 g/mol. The molecule has 0 aliphatic heterocycles. The van der Waals surface area contributed by atoms with Crippen LogP contribution in [-0.4, -0.2) is 12.5 Å². The van der Waals surface area contributed by atoms with E-state index in [4.69, 9.17) is 5.73 Å². The molecule has 0 radical (unpaired) electrons. The lowest BCUT2D eigenvalue weighted by Gasteiger charge is -2.14. The van der Waals surface area contributed by atoms with E-state index in [0.717, 1.165) is 18.4 Å². The third-order valence-corrected chi connectivity index (χ3v) is 3.16. The fourth-order valence-corrected chi connectivity index (χ4v) is 1.70. The van der Waals surface area contributed by atoms with Crippen molar-refractivity contribution in [2.45, 2.75) is 19.8 Å². The minimum absolute atomic E-state index is 0.0512.